The van der Waals surface area contributed by atoms with Crippen molar-refractivity contribution in [1.82, 2.24) is 5.32 Å². The summed E-state index contributed by atoms with van der Waals surface area (Å²) >= 11 is 3.44. The van der Waals surface area contributed by atoms with E-state index in [9.17, 15) is 23.1 Å². The first-order valence-corrected chi connectivity index (χ1v) is 11.3. The SMILES string of the molecule is Cc1cc(N(c2ccc(Cl)cc2C(=O)NCCC(=O)O)S(=O)O)ccc1OC(=O)C(C)(C)C. The molecule has 1 unspecified atom stereocenters. The van der Waals surface area contributed by atoms with Crippen molar-refractivity contribution in [1.29, 1.82) is 0 Å². The van der Waals surface area contributed by atoms with Crippen LogP contribution in [0.3, 0.4) is 0 Å². The fourth-order valence-electron chi connectivity index (χ4n) is 2.69. The largest absolute Gasteiger partial charge is 0.481 e. The third-order valence-electron chi connectivity index (χ3n) is 4.41. The number of carbonyl (C=O) groups excluding carboxylic acids is 2. The van der Waals surface area contributed by atoms with Gasteiger partial charge in [-0.15, -0.1) is 0 Å². The summed E-state index contributed by atoms with van der Waals surface area (Å²) in [7, 11) is 0. The number of hydrogen-bond donors (Lipinski definition) is 3. The number of anilines is 2. The van der Waals surface area contributed by atoms with Gasteiger partial charge in [0, 0.05) is 11.6 Å². The minimum Gasteiger partial charge on any atom is -0.481 e. The molecule has 2 rings (SSSR count). The zero-order chi connectivity index (χ0) is 24.9. The topological polar surface area (TPSA) is 133 Å². The highest BCUT2D eigenvalue weighted by Gasteiger charge is 2.26. The summed E-state index contributed by atoms with van der Waals surface area (Å²) in [6, 6.07) is 8.70. The van der Waals surface area contributed by atoms with Crippen molar-refractivity contribution in [2.75, 3.05) is 10.8 Å². The molecule has 2 aromatic rings. The molecule has 0 aromatic heterocycles. The number of ether oxygens (including phenoxy) is 1. The van der Waals surface area contributed by atoms with Gasteiger partial charge in [0.05, 0.1) is 28.8 Å². The fourth-order valence-corrected chi connectivity index (χ4v) is 3.48. The number of carboxylic acids is 1. The van der Waals surface area contributed by atoms with Crippen LogP contribution in [-0.2, 0) is 20.9 Å². The van der Waals surface area contributed by atoms with E-state index < -0.39 is 34.5 Å². The van der Waals surface area contributed by atoms with Crippen LogP contribution in [0, 0.1) is 12.3 Å². The number of benzene rings is 2. The Morgan fingerprint density at radius 3 is 2.36 bits per heavy atom. The van der Waals surface area contributed by atoms with Crippen molar-refractivity contribution in [2.45, 2.75) is 34.1 Å². The Bertz CT molecular complexity index is 1100. The first-order valence-electron chi connectivity index (χ1n) is 9.85. The summed E-state index contributed by atoms with van der Waals surface area (Å²) in [5, 5.41) is 11.4. The second kappa shape index (κ2) is 10.8. The molecule has 2 aromatic carbocycles. The third kappa shape index (κ3) is 7.01. The third-order valence-corrected chi connectivity index (χ3v) is 5.37. The molecule has 1 atom stereocenters. The molecule has 0 saturated heterocycles. The standard InChI is InChI=1S/C22H25ClN2O7S/c1-13-11-15(6-8-18(13)32-21(29)22(2,3)4)25(33(30)31)17-7-5-14(23)12-16(17)20(28)24-10-9-19(26)27/h5-8,11-12H,9-10H2,1-4H3,(H,24,28)(H,26,27)(H,30,31). The number of carboxylic acid groups (broad SMARTS) is 1. The van der Waals surface area contributed by atoms with Gasteiger partial charge in [0.1, 0.15) is 5.75 Å². The highest BCUT2D eigenvalue weighted by atomic mass is 35.5. The molecule has 9 nitrogen and oxygen atoms in total. The van der Waals surface area contributed by atoms with E-state index in [1.807, 2.05) is 0 Å². The molecule has 0 aliphatic heterocycles. The van der Waals surface area contributed by atoms with E-state index >= 15 is 0 Å². The minimum absolute atomic E-state index is 0.0174. The molecule has 0 radical (unpaired) electrons. The van der Waals surface area contributed by atoms with Crippen LogP contribution in [0.15, 0.2) is 36.4 Å². The Balaban J connectivity index is 2.44. The Morgan fingerprint density at radius 1 is 1.15 bits per heavy atom. The molecule has 0 saturated carbocycles. The van der Waals surface area contributed by atoms with Crippen LogP contribution < -0.4 is 14.4 Å². The van der Waals surface area contributed by atoms with Crippen LogP contribution in [0.5, 0.6) is 5.75 Å². The lowest BCUT2D eigenvalue weighted by Crippen LogP contribution is -2.29. The van der Waals surface area contributed by atoms with Crippen LogP contribution in [-0.4, -0.2) is 38.3 Å². The van der Waals surface area contributed by atoms with Crippen molar-refractivity contribution in [3.8, 4) is 5.75 Å². The van der Waals surface area contributed by atoms with Crippen LogP contribution in [0.1, 0.15) is 43.1 Å². The van der Waals surface area contributed by atoms with Gasteiger partial charge in [0.25, 0.3) is 17.2 Å². The normalized spacial score (nSPS) is 12.1. The second-order valence-corrected chi connectivity index (χ2v) is 9.44. The van der Waals surface area contributed by atoms with Crippen LogP contribution in [0.25, 0.3) is 0 Å². The molecular weight excluding hydrogens is 472 g/mol. The number of carbonyl (C=O) groups is 3. The second-order valence-electron chi connectivity index (χ2n) is 8.18. The maximum absolute atomic E-state index is 12.7. The summed E-state index contributed by atoms with van der Waals surface area (Å²) in [6.45, 7) is 6.71. The van der Waals surface area contributed by atoms with Crippen molar-refractivity contribution in [3.63, 3.8) is 0 Å². The molecule has 33 heavy (non-hydrogen) atoms. The maximum atomic E-state index is 12.7. The molecule has 1 amide bonds. The smallest absolute Gasteiger partial charge is 0.316 e. The van der Waals surface area contributed by atoms with E-state index in [1.54, 1.807) is 33.8 Å². The molecule has 0 spiro atoms. The highest BCUT2D eigenvalue weighted by Crippen LogP contribution is 2.34. The van der Waals surface area contributed by atoms with E-state index in [0.717, 1.165) is 4.31 Å². The number of aryl methyl sites for hydroxylation is 1. The van der Waals surface area contributed by atoms with Crippen molar-refractivity contribution < 1.29 is 33.0 Å². The Labute approximate surface area is 199 Å². The molecule has 11 heteroatoms. The van der Waals surface area contributed by atoms with E-state index in [4.69, 9.17) is 21.4 Å². The summed E-state index contributed by atoms with van der Waals surface area (Å²) in [5.41, 5.74) is 0.131. The summed E-state index contributed by atoms with van der Waals surface area (Å²) < 4.78 is 28.7. The monoisotopic (exact) mass is 496 g/mol. The first kappa shape index (κ1) is 26.3. The maximum Gasteiger partial charge on any atom is 0.316 e. The van der Waals surface area contributed by atoms with Crippen molar-refractivity contribution in [2.24, 2.45) is 5.41 Å². The summed E-state index contributed by atoms with van der Waals surface area (Å²) in [5.74, 6) is -1.87. The van der Waals surface area contributed by atoms with E-state index in [1.165, 1.54) is 30.3 Å². The minimum atomic E-state index is -2.58. The Morgan fingerprint density at radius 2 is 1.82 bits per heavy atom. The predicted octanol–water partition coefficient (Wildman–Crippen LogP) is 4.08. The summed E-state index contributed by atoms with van der Waals surface area (Å²) in [6.07, 6.45) is -0.286. The molecule has 0 aliphatic carbocycles. The Kier molecular flexibility index (Phi) is 8.59. The molecule has 178 valence electrons. The predicted molar refractivity (Wildman–Crippen MR) is 125 cm³/mol. The van der Waals surface area contributed by atoms with Gasteiger partial charge in [0.2, 0.25) is 0 Å². The number of nitrogens with one attached hydrogen (secondary N) is 1. The van der Waals surface area contributed by atoms with Gasteiger partial charge in [-0.25, -0.2) is 8.51 Å². The van der Waals surface area contributed by atoms with Gasteiger partial charge in [-0.2, -0.15) is 0 Å². The zero-order valence-corrected chi connectivity index (χ0v) is 20.1. The lowest BCUT2D eigenvalue weighted by atomic mass is 9.97. The fraction of sp³-hybridized carbons (Fsp3) is 0.318. The average molecular weight is 497 g/mol. The zero-order valence-electron chi connectivity index (χ0n) is 18.5. The van der Waals surface area contributed by atoms with E-state index in [-0.39, 0.29) is 34.9 Å². The molecule has 0 aliphatic rings. The van der Waals surface area contributed by atoms with Crippen LogP contribution in [0.2, 0.25) is 5.02 Å². The van der Waals surface area contributed by atoms with Gasteiger partial charge >= 0.3 is 11.9 Å². The quantitative estimate of drug-likeness (QED) is 0.285. The molecule has 3 N–H and O–H groups in total. The number of rotatable bonds is 8. The highest BCUT2D eigenvalue weighted by molar-refractivity contribution is 7.81. The van der Waals surface area contributed by atoms with Crippen molar-refractivity contribution >= 4 is 52.1 Å². The van der Waals surface area contributed by atoms with Gasteiger partial charge in [0.15, 0.2) is 0 Å². The number of amides is 1. The molecule has 0 heterocycles. The van der Waals surface area contributed by atoms with Gasteiger partial charge in [-0.3, -0.25) is 18.9 Å². The molecule has 0 fully saturated rings. The Hall–Kier alpha value is -2.95. The van der Waals surface area contributed by atoms with Gasteiger partial charge in [-0.1, -0.05) is 11.6 Å². The molecular formula is C22H25ClN2O7S. The number of halogens is 1. The van der Waals surface area contributed by atoms with Crippen LogP contribution in [0.4, 0.5) is 11.4 Å². The number of aliphatic carboxylic acids is 1. The number of hydrogen-bond acceptors (Lipinski definition) is 5. The average Bonchev–Trinajstić information content (AvgIpc) is 2.69. The number of esters is 1. The van der Waals surface area contributed by atoms with Gasteiger partial charge < -0.3 is 15.2 Å². The van der Waals surface area contributed by atoms with E-state index in [2.05, 4.69) is 5.32 Å². The van der Waals surface area contributed by atoms with Crippen LogP contribution >= 0.6 is 11.6 Å². The number of nitrogens with zero attached hydrogens (tertiary/aromatic N) is 1. The first-order chi connectivity index (χ1) is 15.3. The van der Waals surface area contributed by atoms with Crippen molar-refractivity contribution in [3.05, 3.63) is 52.5 Å². The van der Waals surface area contributed by atoms with Gasteiger partial charge in [-0.05, 0) is 69.7 Å². The lowest BCUT2D eigenvalue weighted by Gasteiger charge is -2.24. The lowest BCUT2D eigenvalue weighted by molar-refractivity contribution is -0.143. The molecule has 0 bridgehead atoms. The summed E-state index contributed by atoms with van der Waals surface area (Å²) in [4.78, 5) is 35.6. The van der Waals surface area contributed by atoms with E-state index in [0.29, 0.717) is 11.3 Å².